The molecular weight excluding hydrogens is 1000 g/mol. The molecule has 2 saturated heterocycles. The number of ether oxygens (including phenoxy) is 10. The molecule has 10 atom stereocenters. The van der Waals surface area contributed by atoms with Gasteiger partial charge in [-0.15, -0.1) is 0 Å². The van der Waals surface area contributed by atoms with Crippen LogP contribution < -0.4 is 0 Å². The lowest BCUT2D eigenvalue weighted by molar-refractivity contribution is -0.356. The van der Waals surface area contributed by atoms with E-state index >= 15 is 0 Å². The van der Waals surface area contributed by atoms with Crippen LogP contribution in [0.25, 0.3) is 0 Å². The van der Waals surface area contributed by atoms with Gasteiger partial charge in [-0.25, -0.2) is 28.8 Å². The van der Waals surface area contributed by atoms with Crippen LogP contribution in [-0.2, 0) is 52.2 Å². The molecule has 2 N–H and O–H groups in total. The summed E-state index contributed by atoms with van der Waals surface area (Å²) in [7, 11) is 0. The monoisotopic (exact) mass is 1050 g/mol. The molecule has 0 aliphatic carbocycles. The van der Waals surface area contributed by atoms with Crippen LogP contribution in [-0.4, -0.2) is 133 Å². The van der Waals surface area contributed by atoms with Crippen molar-refractivity contribution in [2.24, 2.45) is 0 Å². The zero-order chi connectivity index (χ0) is 54.1. The molecule has 2 fully saturated rings. The zero-order valence-corrected chi connectivity index (χ0v) is 41.0. The van der Waals surface area contributed by atoms with Crippen LogP contribution in [0.4, 0.5) is 0 Å². The van der Waals surface area contributed by atoms with E-state index in [4.69, 9.17) is 47.4 Å². The number of aliphatic hydroxyl groups excluding tert-OH is 1. The quantitative estimate of drug-likeness (QED) is 0.0433. The first-order valence-electron chi connectivity index (χ1n) is 24.4. The van der Waals surface area contributed by atoms with Gasteiger partial charge in [-0.3, -0.25) is 4.79 Å². The van der Waals surface area contributed by atoms with Crippen LogP contribution in [0.2, 0.25) is 0 Å². The Morgan fingerprint density at radius 2 is 0.714 bits per heavy atom. The number of carbonyl (C=O) groups is 7. The van der Waals surface area contributed by atoms with Crippen LogP contribution in [0.1, 0.15) is 75.0 Å². The van der Waals surface area contributed by atoms with Gasteiger partial charge in [0.05, 0.1) is 40.0 Å². The van der Waals surface area contributed by atoms with Gasteiger partial charge in [0.25, 0.3) is 0 Å². The average Bonchev–Trinajstić information content (AvgIpc) is 3.48. The molecule has 2 heterocycles. The highest BCUT2D eigenvalue weighted by Gasteiger charge is 2.57. The molecule has 0 unspecified atom stereocenters. The van der Waals surface area contributed by atoms with E-state index in [0.717, 1.165) is 0 Å². The third-order valence-electron chi connectivity index (χ3n) is 12.1. The molecule has 398 valence electrons. The highest BCUT2D eigenvalue weighted by molar-refractivity contribution is 5.92. The van der Waals surface area contributed by atoms with Crippen LogP contribution >= 0.6 is 0 Å². The Balaban J connectivity index is 1.25. The maximum Gasteiger partial charge on any atom is 0.338 e. The van der Waals surface area contributed by atoms with Crippen molar-refractivity contribution in [2.45, 2.75) is 74.3 Å². The van der Waals surface area contributed by atoms with E-state index in [0.29, 0.717) is 0 Å². The van der Waals surface area contributed by atoms with Gasteiger partial charge in [0, 0.05) is 6.42 Å². The van der Waals surface area contributed by atoms with E-state index in [1.54, 1.807) is 109 Å². The minimum absolute atomic E-state index is 0.00457. The van der Waals surface area contributed by atoms with Crippen LogP contribution in [0.3, 0.4) is 0 Å². The minimum Gasteiger partial charge on any atom is -0.481 e. The fourth-order valence-corrected chi connectivity index (χ4v) is 8.24. The molecule has 6 aromatic carbocycles. The smallest absolute Gasteiger partial charge is 0.338 e. The first-order chi connectivity index (χ1) is 37.4. The number of carboxylic acids is 1. The van der Waals surface area contributed by atoms with Crippen LogP contribution in [0.15, 0.2) is 182 Å². The Bertz CT molecular complexity index is 2910. The maximum atomic E-state index is 14.4. The lowest BCUT2D eigenvalue weighted by Crippen LogP contribution is -2.67. The van der Waals surface area contributed by atoms with Crippen LogP contribution in [0.5, 0.6) is 0 Å². The van der Waals surface area contributed by atoms with E-state index in [1.165, 1.54) is 72.8 Å². The second-order valence-electron chi connectivity index (χ2n) is 17.4. The standard InChI is InChI=1S/C58H52O19/c59-44(60)32-19-33-68-57-50(76-56(67)41-30-17-6-18-31-41)48(74-54(65)39-26-13-4-14-27-39)46(43(72-57)35-70-52(63)37-22-9-2-10-23-37)77-58-49(75-55(66)40-28-15-5-16-29-40)47(73-53(64)38-24-11-3-12-25-38)45(61)42(71-58)34-69-51(62)36-20-7-1-8-21-36/h1-18,20-31,42-43,45-50,57-58,61H,19,32-35H2,(H,59,60)/t42-,43-,45+,46-,47+,48+,49-,50-,57-,58+/m1/s1. The van der Waals surface area contributed by atoms with E-state index in [2.05, 4.69) is 0 Å². The molecule has 0 bridgehead atoms. The van der Waals surface area contributed by atoms with Gasteiger partial charge in [-0.05, 0) is 79.2 Å². The Labute approximate surface area is 441 Å². The Morgan fingerprint density at radius 1 is 0.390 bits per heavy atom. The zero-order valence-electron chi connectivity index (χ0n) is 41.0. The second kappa shape index (κ2) is 26.8. The van der Waals surface area contributed by atoms with Gasteiger partial charge in [-0.1, -0.05) is 109 Å². The van der Waals surface area contributed by atoms with Crippen molar-refractivity contribution in [3.05, 3.63) is 215 Å². The summed E-state index contributed by atoms with van der Waals surface area (Å²) in [5, 5.41) is 21.7. The predicted molar refractivity (Wildman–Crippen MR) is 267 cm³/mol. The molecule has 19 nitrogen and oxygen atoms in total. The molecule has 2 aliphatic heterocycles. The summed E-state index contributed by atoms with van der Waals surface area (Å²) in [6.45, 7) is -1.75. The molecule has 77 heavy (non-hydrogen) atoms. The molecule has 2 aliphatic rings. The van der Waals surface area contributed by atoms with Gasteiger partial charge in [0.15, 0.2) is 37.0 Å². The third-order valence-corrected chi connectivity index (χ3v) is 12.1. The highest BCUT2D eigenvalue weighted by Crippen LogP contribution is 2.36. The molecule has 19 heteroatoms. The number of benzene rings is 6. The minimum atomic E-state index is -2.03. The summed E-state index contributed by atoms with van der Waals surface area (Å²) in [5.41, 5.74) is 0.336. The molecule has 8 rings (SSSR count). The number of rotatable bonds is 21. The van der Waals surface area contributed by atoms with E-state index in [1.807, 2.05) is 0 Å². The van der Waals surface area contributed by atoms with Crippen molar-refractivity contribution in [1.29, 1.82) is 0 Å². The van der Waals surface area contributed by atoms with Crippen molar-refractivity contribution < 1.29 is 91.1 Å². The Kier molecular flexibility index (Phi) is 19.0. The Morgan fingerprint density at radius 3 is 1.10 bits per heavy atom. The number of aliphatic carboxylic acids is 1. The largest absolute Gasteiger partial charge is 0.481 e. The lowest BCUT2D eigenvalue weighted by atomic mass is 9.95. The predicted octanol–water partition coefficient (Wildman–Crippen LogP) is 6.68. The summed E-state index contributed by atoms with van der Waals surface area (Å²) in [5.74, 6) is -6.79. The molecule has 0 spiro atoms. The average molecular weight is 1050 g/mol. The van der Waals surface area contributed by atoms with Gasteiger partial charge in [-0.2, -0.15) is 0 Å². The number of hydrogen-bond donors (Lipinski definition) is 2. The fourth-order valence-electron chi connectivity index (χ4n) is 8.24. The maximum absolute atomic E-state index is 14.4. The first-order valence-corrected chi connectivity index (χ1v) is 24.4. The topological polar surface area (TPSA) is 252 Å². The number of hydrogen-bond acceptors (Lipinski definition) is 18. The molecule has 0 radical (unpaired) electrons. The lowest BCUT2D eigenvalue weighted by Gasteiger charge is -2.48. The van der Waals surface area contributed by atoms with Crippen molar-refractivity contribution in [3.8, 4) is 0 Å². The van der Waals surface area contributed by atoms with Crippen LogP contribution in [0, 0.1) is 0 Å². The van der Waals surface area contributed by atoms with Crippen molar-refractivity contribution >= 4 is 41.8 Å². The van der Waals surface area contributed by atoms with Gasteiger partial charge in [0.1, 0.15) is 37.6 Å². The molecule has 0 aromatic heterocycles. The first kappa shape index (κ1) is 54.7. The van der Waals surface area contributed by atoms with E-state index in [-0.39, 0.29) is 52.8 Å². The van der Waals surface area contributed by atoms with E-state index < -0.39 is 116 Å². The normalized spacial score (nSPS) is 22.8. The number of carboxylic acid groups (broad SMARTS) is 1. The summed E-state index contributed by atoms with van der Waals surface area (Å²) >= 11 is 0. The van der Waals surface area contributed by atoms with E-state index in [9.17, 15) is 43.8 Å². The van der Waals surface area contributed by atoms with Crippen molar-refractivity contribution in [2.75, 3.05) is 19.8 Å². The molecular formula is C58H52O19. The SMILES string of the molecule is O=C(O)CCCO[C@@H]1O[C@H](COC(=O)c2ccccc2)[C@@H](O[C@@H]2O[C@H](COC(=O)c3ccccc3)[C@H](O)[C@H](OC(=O)c3ccccc3)[C@H]2OC(=O)c2ccccc2)[C@H](OC(=O)c2ccccc2)[C@H]1OC(=O)c1ccccc1. The second-order valence-corrected chi connectivity index (χ2v) is 17.4. The van der Waals surface area contributed by atoms with Crippen molar-refractivity contribution in [3.63, 3.8) is 0 Å². The molecule has 0 amide bonds. The fraction of sp³-hybridized carbons (Fsp3) is 0.259. The number of carbonyl (C=O) groups excluding carboxylic acids is 6. The molecule has 6 aromatic rings. The third kappa shape index (κ3) is 14.6. The van der Waals surface area contributed by atoms with Crippen molar-refractivity contribution in [1.82, 2.24) is 0 Å². The van der Waals surface area contributed by atoms with Gasteiger partial charge < -0.3 is 57.6 Å². The van der Waals surface area contributed by atoms with Gasteiger partial charge in [0.2, 0.25) is 0 Å². The summed E-state index contributed by atoms with van der Waals surface area (Å²) < 4.78 is 61.9. The summed E-state index contributed by atoms with van der Waals surface area (Å²) in [4.78, 5) is 95.4. The van der Waals surface area contributed by atoms with Gasteiger partial charge >= 0.3 is 41.8 Å². The summed E-state index contributed by atoms with van der Waals surface area (Å²) in [6, 6.07) is 46.4. The number of esters is 6. The highest BCUT2D eigenvalue weighted by atomic mass is 16.8. The molecule has 0 saturated carbocycles. The summed E-state index contributed by atoms with van der Waals surface area (Å²) in [6.07, 6.45) is -18.7. The number of aliphatic hydroxyl groups is 1. The Hall–Kier alpha value is -8.59.